The fourth-order valence-electron chi connectivity index (χ4n) is 1.36. The van der Waals surface area contributed by atoms with Gasteiger partial charge in [0, 0.05) is 0 Å². The molecular weight excluding hydrogens is 208 g/mol. The Hall–Kier alpha value is -1.91. The van der Waals surface area contributed by atoms with Crippen molar-refractivity contribution < 1.29 is 14.4 Å². The lowest BCUT2D eigenvalue weighted by atomic mass is 10.1. The smallest absolute Gasteiger partial charge is 0.273 e. The molecule has 1 aliphatic rings. The first-order chi connectivity index (χ1) is 7.58. The molecule has 2 N–H and O–H groups in total. The van der Waals surface area contributed by atoms with Crippen LogP contribution in [0.5, 0.6) is 0 Å². The summed E-state index contributed by atoms with van der Waals surface area (Å²) in [5.74, 6) is -1.30. The lowest BCUT2D eigenvalue weighted by Gasteiger charge is -2.14. The van der Waals surface area contributed by atoms with E-state index < -0.39 is 17.8 Å². The van der Waals surface area contributed by atoms with Crippen molar-refractivity contribution >= 4 is 17.8 Å². The first kappa shape index (κ1) is 12.2. The minimum Gasteiger partial charge on any atom is -0.273 e. The highest BCUT2D eigenvalue weighted by molar-refractivity contribution is 6.29. The number of barbiturate groups is 1. The Morgan fingerprint density at radius 2 is 1.69 bits per heavy atom. The van der Waals surface area contributed by atoms with E-state index in [2.05, 4.69) is 0 Å². The van der Waals surface area contributed by atoms with Crippen molar-refractivity contribution in [1.82, 2.24) is 10.6 Å². The molecular formula is C11H14N2O3. The van der Waals surface area contributed by atoms with Gasteiger partial charge in [0.2, 0.25) is 0 Å². The molecule has 16 heavy (non-hydrogen) atoms. The van der Waals surface area contributed by atoms with Gasteiger partial charge in [0.25, 0.3) is 11.8 Å². The molecule has 0 radical (unpaired) electrons. The monoisotopic (exact) mass is 222 g/mol. The number of nitrogens with one attached hydrogen (secondary N) is 2. The maximum absolute atomic E-state index is 11.4. The fraction of sp³-hybridized carbons (Fsp3) is 0.364. The van der Waals surface area contributed by atoms with Gasteiger partial charge < -0.3 is 0 Å². The van der Waals surface area contributed by atoms with Gasteiger partial charge in [0.15, 0.2) is 0 Å². The Kier molecular flexibility index (Phi) is 3.99. The third kappa shape index (κ3) is 2.79. The summed E-state index contributed by atoms with van der Waals surface area (Å²) < 4.78 is 0. The van der Waals surface area contributed by atoms with E-state index in [1.165, 1.54) is 6.08 Å². The largest absolute Gasteiger partial charge is 0.328 e. The quantitative estimate of drug-likeness (QED) is 0.553. The zero-order valence-electron chi connectivity index (χ0n) is 9.29. The molecule has 4 amide bonds. The van der Waals surface area contributed by atoms with Crippen LogP contribution in [0.15, 0.2) is 23.3 Å². The summed E-state index contributed by atoms with van der Waals surface area (Å²) >= 11 is 0. The minimum absolute atomic E-state index is 0.0267. The molecule has 5 heteroatoms. The standard InChI is InChI=1S/C11H14N2O3/c1-3-5-7(4-2)6-8-9(14)12-11(16)13-10(8)15/h5-6H,3-4H2,1-2H3,(H2,12,13,14,15,16). The number of hydrogen-bond acceptors (Lipinski definition) is 3. The van der Waals surface area contributed by atoms with Gasteiger partial charge in [0.05, 0.1) is 0 Å². The first-order valence-corrected chi connectivity index (χ1v) is 5.15. The Balaban J connectivity index is 2.97. The zero-order chi connectivity index (χ0) is 12.1. The van der Waals surface area contributed by atoms with Gasteiger partial charge in [-0.05, 0) is 18.9 Å². The number of urea groups is 1. The van der Waals surface area contributed by atoms with Crippen LogP contribution in [0.2, 0.25) is 0 Å². The topological polar surface area (TPSA) is 75.3 Å². The van der Waals surface area contributed by atoms with E-state index in [1.807, 2.05) is 30.6 Å². The molecule has 0 spiro atoms. The molecule has 0 saturated carbocycles. The third-order valence-corrected chi connectivity index (χ3v) is 2.15. The molecule has 0 aromatic carbocycles. The number of allylic oxidation sites excluding steroid dienone is 3. The predicted octanol–water partition coefficient (Wildman–Crippen LogP) is 1.03. The SMILES string of the molecule is CCC=C(C=C1C(=O)NC(=O)NC1=O)CC. The number of hydrogen-bond donors (Lipinski definition) is 2. The van der Waals surface area contributed by atoms with Gasteiger partial charge in [0.1, 0.15) is 5.57 Å². The molecule has 0 atom stereocenters. The molecule has 0 bridgehead atoms. The second kappa shape index (κ2) is 5.25. The maximum Gasteiger partial charge on any atom is 0.328 e. The van der Waals surface area contributed by atoms with Gasteiger partial charge in [-0.2, -0.15) is 0 Å². The van der Waals surface area contributed by atoms with Crippen LogP contribution >= 0.6 is 0 Å². The summed E-state index contributed by atoms with van der Waals surface area (Å²) in [4.78, 5) is 33.6. The molecule has 1 fully saturated rings. The van der Waals surface area contributed by atoms with Crippen molar-refractivity contribution in [2.24, 2.45) is 0 Å². The summed E-state index contributed by atoms with van der Waals surface area (Å²) in [6.45, 7) is 3.90. The van der Waals surface area contributed by atoms with Gasteiger partial charge in [-0.15, -0.1) is 0 Å². The average molecular weight is 222 g/mol. The molecule has 0 aliphatic carbocycles. The number of carbonyl (C=O) groups excluding carboxylic acids is 3. The van der Waals surface area contributed by atoms with Crippen molar-refractivity contribution in [3.05, 3.63) is 23.3 Å². The van der Waals surface area contributed by atoms with Gasteiger partial charge in [-0.3, -0.25) is 20.2 Å². The number of rotatable bonds is 3. The van der Waals surface area contributed by atoms with Gasteiger partial charge >= 0.3 is 6.03 Å². The molecule has 1 saturated heterocycles. The van der Waals surface area contributed by atoms with Crippen LogP contribution in [0.1, 0.15) is 26.7 Å². The second-order valence-electron chi connectivity index (χ2n) is 3.34. The Labute approximate surface area is 93.6 Å². The molecule has 5 nitrogen and oxygen atoms in total. The van der Waals surface area contributed by atoms with Crippen LogP contribution in [0.25, 0.3) is 0 Å². The summed E-state index contributed by atoms with van der Waals surface area (Å²) in [6, 6.07) is -0.773. The number of imide groups is 2. The van der Waals surface area contributed by atoms with E-state index in [9.17, 15) is 14.4 Å². The molecule has 1 aliphatic heterocycles. The van der Waals surface area contributed by atoms with Crippen LogP contribution < -0.4 is 10.6 Å². The number of amides is 4. The fourth-order valence-corrected chi connectivity index (χ4v) is 1.36. The first-order valence-electron chi connectivity index (χ1n) is 5.15. The maximum atomic E-state index is 11.4. The molecule has 1 rings (SSSR count). The van der Waals surface area contributed by atoms with E-state index in [4.69, 9.17) is 0 Å². The summed E-state index contributed by atoms with van der Waals surface area (Å²) in [5.41, 5.74) is 0.873. The molecule has 0 unspecified atom stereocenters. The predicted molar refractivity (Wildman–Crippen MR) is 58.4 cm³/mol. The van der Waals surface area contributed by atoms with Crippen LogP contribution in [0.4, 0.5) is 4.79 Å². The average Bonchev–Trinajstić information content (AvgIpc) is 2.21. The van der Waals surface area contributed by atoms with E-state index in [0.29, 0.717) is 0 Å². The molecule has 0 aromatic heterocycles. The van der Waals surface area contributed by atoms with Crippen molar-refractivity contribution in [2.45, 2.75) is 26.7 Å². The van der Waals surface area contributed by atoms with Crippen LogP contribution in [0.3, 0.4) is 0 Å². The van der Waals surface area contributed by atoms with E-state index >= 15 is 0 Å². The minimum atomic E-state index is -0.773. The third-order valence-electron chi connectivity index (χ3n) is 2.15. The van der Waals surface area contributed by atoms with Crippen molar-refractivity contribution in [1.29, 1.82) is 0 Å². The molecule has 1 heterocycles. The van der Waals surface area contributed by atoms with Crippen LogP contribution in [-0.2, 0) is 9.59 Å². The van der Waals surface area contributed by atoms with Gasteiger partial charge in [-0.1, -0.05) is 25.5 Å². The van der Waals surface area contributed by atoms with E-state index in [1.54, 1.807) is 0 Å². The summed E-state index contributed by atoms with van der Waals surface area (Å²) in [7, 11) is 0. The van der Waals surface area contributed by atoms with E-state index in [0.717, 1.165) is 18.4 Å². The second-order valence-corrected chi connectivity index (χ2v) is 3.34. The summed E-state index contributed by atoms with van der Waals surface area (Å²) in [5, 5.41) is 4.05. The van der Waals surface area contributed by atoms with Gasteiger partial charge in [-0.25, -0.2) is 4.79 Å². The van der Waals surface area contributed by atoms with Crippen molar-refractivity contribution in [2.75, 3.05) is 0 Å². The zero-order valence-corrected chi connectivity index (χ0v) is 9.29. The van der Waals surface area contributed by atoms with Crippen molar-refractivity contribution in [3.63, 3.8) is 0 Å². The molecule has 0 aromatic rings. The molecule has 86 valence electrons. The Bertz CT molecular complexity index is 372. The lowest BCUT2D eigenvalue weighted by Crippen LogP contribution is -2.51. The Morgan fingerprint density at radius 3 is 2.12 bits per heavy atom. The number of carbonyl (C=O) groups is 3. The van der Waals surface area contributed by atoms with Crippen molar-refractivity contribution in [3.8, 4) is 0 Å². The lowest BCUT2D eigenvalue weighted by molar-refractivity contribution is -0.124. The highest BCUT2D eigenvalue weighted by Gasteiger charge is 2.27. The highest BCUT2D eigenvalue weighted by atomic mass is 16.2. The Morgan fingerprint density at radius 1 is 1.12 bits per heavy atom. The van der Waals surface area contributed by atoms with Crippen LogP contribution in [0, 0.1) is 0 Å². The summed E-state index contributed by atoms with van der Waals surface area (Å²) in [6.07, 6.45) is 5.01. The van der Waals surface area contributed by atoms with Crippen LogP contribution in [-0.4, -0.2) is 17.8 Å². The normalized spacial score (nSPS) is 17.0. The highest BCUT2D eigenvalue weighted by Crippen LogP contribution is 2.10. The van der Waals surface area contributed by atoms with E-state index in [-0.39, 0.29) is 5.57 Å².